The van der Waals surface area contributed by atoms with Crippen molar-refractivity contribution in [1.82, 2.24) is 0 Å². The van der Waals surface area contributed by atoms with Gasteiger partial charge in [-0.25, -0.2) is 0 Å². The van der Waals surface area contributed by atoms with E-state index in [0.717, 1.165) is 36.2 Å². The van der Waals surface area contributed by atoms with Crippen molar-refractivity contribution in [2.24, 2.45) is 0 Å². The number of rotatable bonds is 6. The van der Waals surface area contributed by atoms with Crippen molar-refractivity contribution < 1.29 is 4.42 Å². The molecule has 1 heterocycles. The third-order valence-electron chi connectivity index (χ3n) is 4.48. The van der Waals surface area contributed by atoms with Gasteiger partial charge in [-0.05, 0) is 46.1 Å². The average molecular weight is 330 g/mol. The summed E-state index contributed by atoms with van der Waals surface area (Å²) in [6.07, 6.45) is 7.79. The summed E-state index contributed by atoms with van der Waals surface area (Å²) in [6.45, 7) is 6.54. The van der Waals surface area contributed by atoms with Gasteiger partial charge in [-0.3, -0.25) is 0 Å². The molecule has 0 bridgehead atoms. The molecule has 0 spiro atoms. The first-order valence-corrected chi connectivity index (χ1v) is 9.00. The van der Waals surface area contributed by atoms with E-state index in [1.165, 1.54) is 22.1 Å². The molecular weight excluding hydrogens is 304 g/mol. The van der Waals surface area contributed by atoms with Gasteiger partial charge in [0.25, 0.3) is 0 Å². The van der Waals surface area contributed by atoms with E-state index in [0.29, 0.717) is 0 Å². The molecule has 0 unspecified atom stereocenters. The minimum atomic E-state index is 0.905. The molecule has 0 aliphatic carbocycles. The van der Waals surface area contributed by atoms with Gasteiger partial charge in [0.15, 0.2) is 0 Å². The lowest BCUT2D eigenvalue weighted by Gasteiger charge is -2.03. The van der Waals surface area contributed by atoms with Crippen LogP contribution in [0.4, 0.5) is 0 Å². The van der Waals surface area contributed by atoms with Crippen molar-refractivity contribution in [2.45, 2.75) is 40.0 Å². The molecular formula is C24H26O. The Morgan fingerprint density at radius 3 is 2.36 bits per heavy atom. The molecule has 3 aromatic rings. The molecule has 1 aromatic heterocycles. The molecule has 0 amide bonds. The lowest BCUT2D eigenvalue weighted by Crippen LogP contribution is -1.86. The molecule has 2 aromatic carbocycles. The van der Waals surface area contributed by atoms with E-state index in [2.05, 4.69) is 75.4 Å². The highest BCUT2D eigenvalue weighted by Crippen LogP contribution is 2.34. The fraction of sp³-hybridized carbons (Fsp3) is 0.250. The number of benzene rings is 2. The topological polar surface area (TPSA) is 13.1 Å². The highest BCUT2D eigenvalue weighted by atomic mass is 16.3. The number of fused-ring (bicyclic) bond motifs is 1. The van der Waals surface area contributed by atoms with E-state index in [1.54, 1.807) is 0 Å². The maximum atomic E-state index is 6.19. The minimum Gasteiger partial charge on any atom is -0.456 e. The zero-order valence-electron chi connectivity index (χ0n) is 15.4. The Morgan fingerprint density at radius 1 is 0.880 bits per heavy atom. The molecule has 0 saturated carbocycles. The highest BCUT2D eigenvalue weighted by Gasteiger charge is 2.14. The van der Waals surface area contributed by atoms with Gasteiger partial charge in [0, 0.05) is 16.5 Å². The van der Waals surface area contributed by atoms with E-state index in [1.807, 2.05) is 12.1 Å². The molecule has 0 fully saturated rings. The fourth-order valence-corrected chi connectivity index (χ4v) is 3.09. The van der Waals surface area contributed by atoms with E-state index in [9.17, 15) is 0 Å². The molecule has 0 aliphatic rings. The molecule has 3 rings (SSSR count). The largest absolute Gasteiger partial charge is 0.456 e. The minimum absolute atomic E-state index is 0.905. The standard InChI is InChI=1S/C24H26O/c1-18(2)10-9-11-19(3)16-17-22-21-14-7-8-15-23(21)25-24(22)20-12-5-4-6-13-20/h4-8,10,12-16H,9,11,17H2,1-3H3/b19-16+. The van der Waals surface area contributed by atoms with Gasteiger partial charge in [0.2, 0.25) is 0 Å². The Morgan fingerprint density at radius 2 is 1.60 bits per heavy atom. The van der Waals surface area contributed by atoms with Gasteiger partial charge in [-0.15, -0.1) is 0 Å². The maximum absolute atomic E-state index is 6.19. The van der Waals surface area contributed by atoms with Crippen LogP contribution in [0.1, 0.15) is 39.2 Å². The lowest BCUT2D eigenvalue weighted by atomic mass is 10.0. The Kier molecular flexibility index (Phi) is 5.55. The van der Waals surface area contributed by atoms with Gasteiger partial charge in [0.05, 0.1) is 0 Å². The summed E-state index contributed by atoms with van der Waals surface area (Å²) in [5.74, 6) is 0.996. The van der Waals surface area contributed by atoms with Crippen LogP contribution in [0.3, 0.4) is 0 Å². The van der Waals surface area contributed by atoms with Crippen molar-refractivity contribution in [3.05, 3.63) is 83.5 Å². The summed E-state index contributed by atoms with van der Waals surface area (Å²) in [6, 6.07) is 18.7. The summed E-state index contributed by atoms with van der Waals surface area (Å²) in [4.78, 5) is 0. The molecule has 0 atom stereocenters. The van der Waals surface area contributed by atoms with Crippen molar-refractivity contribution in [3.63, 3.8) is 0 Å². The van der Waals surface area contributed by atoms with Gasteiger partial charge in [-0.2, -0.15) is 0 Å². The molecule has 0 saturated heterocycles. The van der Waals surface area contributed by atoms with Crippen LogP contribution in [0.15, 0.2) is 82.3 Å². The van der Waals surface area contributed by atoms with Crippen LogP contribution in [0.5, 0.6) is 0 Å². The fourth-order valence-electron chi connectivity index (χ4n) is 3.09. The van der Waals surface area contributed by atoms with Crippen LogP contribution in [0.25, 0.3) is 22.3 Å². The number of hydrogen-bond donors (Lipinski definition) is 0. The summed E-state index contributed by atoms with van der Waals surface area (Å²) in [5, 5.41) is 1.22. The van der Waals surface area contributed by atoms with Gasteiger partial charge < -0.3 is 4.42 Å². The Balaban J connectivity index is 1.91. The summed E-state index contributed by atoms with van der Waals surface area (Å²) >= 11 is 0. The monoisotopic (exact) mass is 330 g/mol. The molecule has 25 heavy (non-hydrogen) atoms. The van der Waals surface area contributed by atoms with Crippen LogP contribution in [0.2, 0.25) is 0 Å². The Labute approximate surface area is 150 Å². The third kappa shape index (κ3) is 4.30. The van der Waals surface area contributed by atoms with Crippen molar-refractivity contribution in [1.29, 1.82) is 0 Å². The van der Waals surface area contributed by atoms with E-state index < -0.39 is 0 Å². The van der Waals surface area contributed by atoms with Crippen LogP contribution < -0.4 is 0 Å². The SMILES string of the molecule is CC(C)=CCC/C(C)=C/Cc1c(-c2ccccc2)oc2ccccc12. The number of hydrogen-bond acceptors (Lipinski definition) is 1. The second kappa shape index (κ2) is 8.02. The molecule has 128 valence electrons. The van der Waals surface area contributed by atoms with Crippen LogP contribution in [-0.2, 0) is 6.42 Å². The number of para-hydroxylation sites is 1. The van der Waals surface area contributed by atoms with E-state index >= 15 is 0 Å². The summed E-state index contributed by atoms with van der Waals surface area (Å²) in [5.41, 5.74) is 6.21. The molecule has 0 radical (unpaired) electrons. The van der Waals surface area contributed by atoms with E-state index in [-0.39, 0.29) is 0 Å². The molecule has 0 N–H and O–H groups in total. The first-order chi connectivity index (χ1) is 12.1. The normalized spacial score (nSPS) is 11.7. The summed E-state index contributed by atoms with van der Waals surface area (Å²) in [7, 11) is 0. The predicted molar refractivity (Wildman–Crippen MR) is 108 cm³/mol. The van der Waals surface area contributed by atoms with E-state index in [4.69, 9.17) is 4.42 Å². The first-order valence-electron chi connectivity index (χ1n) is 9.00. The molecule has 1 nitrogen and oxygen atoms in total. The van der Waals surface area contributed by atoms with Crippen molar-refractivity contribution in [3.8, 4) is 11.3 Å². The van der Waals surface area contributed by atoms with Crippen molar-refractivity contribution in [2.75, 3.05) is 0 Å². The highest BCUT2D eigenvalue weighted by molar-refractivity contribution is 5.88. The Hall–Kier alpha value is -2.54. The zero-order chi connectivity index (χ0) is 17.6. The van der Waals surface area contributed by atoms with Crippen LogP contribution >= 0.6 is 0 Å². The average Bonchev–Trinajstić information content (AvgIpc) is 2.99. The number of furan rings is 1. The lowest BCUT2D eigenvalue weighted by molar-refractivity contribution is 0.628. The predicted octanol–water partition coefficient (Wildman–Crippen LogP) is 7.34. The van der Waals surface area contributed by atoms with Crippen LogP contribution in [-0.4, -0.2) is 0 Å². The zero-order valence-corrected chi connectivity index (χ0v) is 15.4. The van der Waals surface area contributed by atoms with Gasteiger partial charge in [-0.1, -0.05) is 71.8 Å². The number of allylic oxidation sites excluding steroid dienone is 4. The van der Waals surface area contributed by atoms with Crippen molar-refractivity contribution >= 4 is 11.0 Å². The smallest absolute Gasteiger partial charge is 0.138 e. The second-order valence-electron chi connectivity index (χ2n) is 6.85. The summed E-state index contributed by atoms with van der Waals surface area (Å²) < 4.78 is 6.19. The molecule has 1 heteroatoms. The van der Waals surface area contributed by atoms with Gasteiger partial charge in [0.1, 0.15) is 11.3 Å². The van der Waals surface area contributed by atoms with Crippen LogP contribution in [0, 0.1) is 0 Å². The molecule has 0 aliphatic heterocycles. The Bertz CT molecular complexity index is 890. The first kappa shape index (κ1) is 17.3. The third-order valence-corrected chi connectivity index (χ3v) is 4.48. The quantitative estimate of drug-likeness (QED) is 0.431. The maximum Gasteiger partial charge on any atom is 0.138 e. The second-order valence-corrected chi connectivity index (χ2v) is 6.85. The van der Waals surface area contributed by atoms with Gasteiger partial charge >= 0.3 is 0 Å².